The van der Waals surface area contributed by atoms with E-state index in [4.69, 9.17) is 11.6 Å². The molecule has 0 aliphatic carbocycles. The Morgan fingerprint density at radius 1 is 0.944 bits per heavy atom. The van der Waals surface area contributed by atoms with Crippen LogP contribution in [0.5, 0.6) is 0 Å². The van der Waals surface area contributed by atoms with Gasteiger partial charge in [-0.2, -0.15) is 0 Å². The van der Waals surface area contributed by atoms with E-state index in [2.05, 4.69) is 43.4 Å². The van der Waals surface area contributed by atoms with E-state index in [0.29, 0.717) is 0 Å². The van der Waals surface area contributed by atoms with Gasteiger partial charge >= 0.3 is 0 Å². The van der Waals surface area contributed by atoms with Crippen LogP contribution in [0.25, 0.3) is 0 Å². The van der Waals surface area contributed by atoms with Gasteiger partial charge in [0, 0.05) is 5.02 Å². The van der Waals surface area contributed by atoms with Crippen molar-refractivity contribution >= 4 is 11.6 Å². The maximum absolute atomic E-state index is 6.30. The van der Waals surface area contributed by atoms with Crippen LogP contribution in [0.1, 0.15) is 28.3 Å². The summed E-state index contributed by atoms with van der Waals surface area (Å²) in [4.78, 5) is 0. The molecule has 0 saturated heterocycles. The van der Waals surface area contributed by atoms with Gasteiger partial charge in [0.1, 0.15) is 0 Å². The van der Waals surface area contributed by atoms with Gasteiger partial charge in [0.15, 0.2) is 0 Å². The van der Waals surface area contributed by atoms with Crippen LogP contribution in [-0.2, 0) is 0 Å². The molecule has 0 radical (unpaired) electrons. The van der Waals surface area contributed by atoms with Gasteiger partial charge in [-0.25, -0.2) is 0 Å². The van der Waals surface area contributed by atoms with Crippen molar-refractivity contribution in [3.8, 4) is 0 Å². The van der Waals surface area contributed by atoms with Crippen molar-refractivity contribution in [2.45, 2.75) is 19.9 Å². The highest BCUT2D eigenvalue weighted by atomic mass is 35.5. The van der Waals surface area contributed by atoms with Crippen molar-refractivity contribution in [3.63, 3.8) is 0 Å². The third-order valence-electron chi connectivity index (χ3n) is 3.46. The fourth-order valence-corrected chi connectivity index (χ4v) is 2.52. The van der Waals surface area contributed by atoms with Crippen LogP contribution in [-0.4, -0.2) is 7.05 Å². The molecule has 1 unspecified atom stereocenters. The predicted molar refractivity (Wildman–Crippen MR) is 78.3 cm³/mol. The lowest BCUT2D eigenvalue weighted by Gasteiger charge is -2.21. The van der Waals surface area contributed by atoms with Crippen LogP contribution in [0.3, 0.4) is 0 Å². The fourth-order valence-electron chi connectivity index (χ4n) is 2.27. The Kier molecular flexibility index (Phi) is 4.05. The van der Waals surface area contributed by atoms with E-state index in [0.717, 1.165) is 10.6 Å². The van der Waals surface area contributed by atoms with E-state index in [1.807, 2.05) is 25.2 Å². The Morgan fingerprint density at radius 3 is 2.28 bits per heavy atom. The summed E-state index contributed by atoms with van der Waals surface area (Å²) in [5.41, 5.74) is 5.03. The summed E-state index contributed by atoms with van der Waals surface area (Å²) in [6.07, 6.45) is 0. The molecule has 0 aromatic heterocycles. The highest BCUT2D eigenvalue weighted by molar-refractivity contribution is 6.31. The number of rotatable bonds is 3. The standard InChI is InChI=1S/C16H18ClN/c1-11-7-6-9-13(12(11)2)16(18-3)14-8-4-5-10-15(14)17/h4-10,16,18H,1-3H3. The molecule has 2 rings (SSSR count). The topological polar surface area (TPSA) is 12.0 Å². The van der Waals surface area contributed by atoms with Crippen molar-refractivity contribution in [2.75, 3.05) is 7.05 Å². The third kappa shape index (κ3) is 2.43. The summed E-state index contributed by atoms with van der Waals surface area (Å²) >= 11 is 6.30. The number of nitrogens with one attached hydrogen (secondary N) is 1. The van der Waals surface area contributed by atoms with Crippen LogP contribution in [0.4, 0.5) is 0 Å². The largest absolute Gasteiger partial charge is 0.309 e. The third-order valence-corrected chi connectivity index (χ3v) is 3.81. The highest BCUT2D eigenvalue weighted by Crippen LogP contribution is 2.30. The van der Waals surface area contributed by atoms with Crippen LogP contribution in [0.2, 0.25) is 5.02 Å². The zero-order valence-electron chi connectivity index (χ0n) is 11.0. The van der Waals surface area contributed by atoms with Gasteiger partial charge in [-0.05, 0) is 49.2 Å². The number of hydrogen-bond acceptors (Lipinski definition) is 1. The average Bonchev–Trinajstić information content (AvgIpc) is 2.37. The molecule has 1 atom stereocenters. The second kappa shape index (κ2) is 5.55. The Balaban J connectivity index is 2.53. The molecular weight excluding hydrogens is 242 g/mol. The quantitative estimate of drug-likeness (QED) is 0.868. The lowest BCUT2D eigenvalue weighted by atomic mass is 9.93. The van der Waals surface area contributed by atoms with E-state index in [1.54, 1.807) is 0 Å². The first-order valence-electron chi connectivity index (χ1n) is 6.13. The molecule has 0 bridgehead atoms. The molecule has 2 heteroatoms. The fraction of sp³-hybridized carbons (Fsp3) is 0.250. The summed E-state index contributed by atoms with van der Waals surface area (Å²) in [5, 5.41) is 4.16. The minimum absolute atomic E-state index is 0.138. The van der Waals surface area contributed by atoms with Crippen molar-refractivity contribution in [1.29, 1.82) is 0 Å². The van der Waals surface area contributed by atoms with Crippen molar-refractivity contribution in [1.82, 2.24) is 5.32 Å². The predicted octanol–water partition coefficient (Wildman–Crippen LogP) is 4.27. The summed E-state index contributed by atoms with van der Waals surface area (Å²) in [5.74, 6) is 0. The van der Waals surface area contributed by atoms with Gasteiger partial charge in [0.25, 0.3) is 0 Å². The van der Waals surface area contributed by atoms with Crippen molar-refractivity contribution in [2.24, 2.45) is 0 Å². The second-order valence-electron chi connectivity index (χ2n) is 4.53. The van der Waals surface area contributed by atoms with E-state index in [-0.39, 0.29) is 6.04 Å². The lowest BCUT2D eigenvalue weighted by Crippen LogP contribution is -2.19. The van der Waals surface area contributed by atoms with Gasteiger partial charge in [0.2, 0.25) is 0 Å². The minimum Gasteiger partial charge on any atom is -0.309 e. The number of hydrogen-bond donors (Lipinski definition) is 1. The molecule has 1 nitrogen and oxygen atoms in total. The van der Waals surface area contributed by atoms with Crippen molar-refractivity contribution < 1.29 is 0 Å². The van der Waals surface area contributed by atoms with Crippen LogP contribution in [0.15, 0.2) is 42.5 Å². The molecule has 94 valence electrons. The normalized spacial score (nSPS) is 12.4. The molecule has 1 N–H and O–H groups in total. The van der Waals surface area contributed by atoms with Gasteiger partial charge in [-0.1, -0.05) is 48.0 Å². The molecule has 2 aromatic carbocycles. The lowest BCUT2D eigenvalue weighted by molar-refractivity contribution is 0.687. The molecule has 2 aromatic rings. The van der Waals surface area contributed by atoms with E-state index in [9.17, 15) is 0 Å². The molecule has 0 heterocycles. The first kappa shape index (κ1) is 13.1. The molecule has 18 heavy (non-hydrogen) atoms. The summed E-state index contributed by atoms with van der Waals surface area (Å²) in [7, 11) is 1.97. The maximum Gasteiger partial charge on any atom is 0.0591 e. The van der Waals surface area contributed by atoms with Gasteiger partial charge in [0.05, 0.1) is 6.04 Å². The number of halogens is 1. The zero-order chi connectivity index (χ0) is 13.1. The number of aryl methyl sites for hydroxylation is 1. The Labute approximate surface area is 114 Å². The molecule has 0 aliphatic rings. The monoisotopic (exact) mass is 259 g/mol. The smallest absolute Gasteiger partial charge is 0.0591 e. The Bertz CT molecular complexity index is 549. The number of benzene rings is 2. The van der Waals surface area contributed by atoms with E-state index < -0.39 is 0 Å². The Hall–Kier alpha value is -1.31. The Morgan fingerprint density at radius 2 is 1.61 bits per heavy atom. The van der Waals surface area contributed by atoms with Gasteiger partial charge < -0.3 is 5.32 Å². The summed E-state index contributed by atoms with van der Waals surface area (Å²) in [6.45, 7) is 4.30. The van der Waals surface area contributed by atoms with Crippen LogP contribution < -0.4 is 5.32 Å². The van der Waals surface area contributed by atoms with Crippen LogP contribution in [0, 0.1) is 13.8 Å². The van der Waals surface area contributed by atoms with Crippen molar-refractivity contribution in [3.05, 3.63) is 69.7 Å². The zero-order valence-corrected chi connectivity index (χ0v) is 11.8. The first-order chi connectivity index (χ1) is 8.65. The average molecular weight is 260 g/mol. The molecule has 0 spiro atoms. The van der Waals surface area contributed by atoms with E-state index >= 15 is 0 Å². The summed E-state index contributed by atoms with van der Waals surface area (Å²) in [6, 6.07) is 14.5. The van der Waals surface area contributed by atoms with Gasteiger partial charge in [-0.3, -0.25) is 0 Å². The SMILES string of the molecule is CNC(c1ccccc1Cl)c1cccc(C)c1C. The first-order valence-corrected chi connectivity index (χ1v) is 6.50. The van der Waals surface area contributed by atoms with Gasteiger partial charge in [-0.15, -0.1) is 0 Å². The molecule has 0 aliphatic heterocycles. The summed E-state index contributed by atoms with van der Waals surface area (Å²) < 4.78 is 0. The molecule has 0 amide bonds. The molecular formula is C16H18ClN. The molecule has 0 fully saturated rings. The second-order valence-corrected chi connectivity index (χ2v) is 4.94. The highest BCUT2D eigenvalue weighted by Gasteiger charge is 2.16. The minimum atomic E-state index is 0.138. The maximum atomic E-state index is 6.30. The molecule has 0 saturated carbocycles. The van der Waals surface area contributed by atoms with Crippen LogP contribution >= 0.6 is 11.6 Å². The van der Waals surface area contributed by atoms with E-state index in [1.165, 1.54) is 16.7 Å².